The number of nitrogens with zero attached hydrogens (tertiary/aromatic N) is 1. The van der Waals surface area contributed by atoms with Gasteiger partial charge in [-0.15, -0.1) is 0 Å². The van der Waals surface area contributed by atoms with Gasteiger partial charge in [-0.3, -0.25) is 0 Å². The molecule has 1 heterocycles. The molecule has 0 bridgehead atoms. The van der Waals surface area contributed by atoms with Crippen LogP contribution >= 0.6 is 11.6 Å². The summed E-state index contributed by atoms with van der Waals surface area (Å²) in [5.41, 5.74) is -0.304. The predicted molar refractivity (Wildman–Crippen MR) is 119 cm³/mol. The predicted octanol–water partition coefficient (Wildman–Crippen LogP) is 6.87. The lowest BCUT2D eigenvalue weighted by Crippen LogP contribution is -2.36. The first-order chi connectivity index (χ1) is 16.0. The molecule has 1 aromatic heterocycles. The van der Waals surface area contributed by atoms with E-state index < -0.39 is 29.6 Å². The topological polar surface area (TPSA) is 60.5 Å². The molecule has 0 aliphatic heterocycles. The molecule has 0 radical (unpaired) electrons. The van der Waals surface area contributed by atoms with E-state index in [4.69, 9.17) is 21.1 Å². The Bertz CT molecular complexity index is 1140. The van der Waals surface area contributed by atoms with Crippen LogP contribution in [0.2, 0.25) is 5.02 Å². The summed E-state index contributed by atoms with van der Waals surface area (Å²) in [6, 6.07) is 12.3. The number of ether oxygens (including phenoxy) is 2. The summed E-state index contributed by atoms with van der Waals surface area (Å²) in [5.74, 6) is -0.660. The molecule has 0 aliphatic rings. The molecule has 0 spiro atoms. The Labute approximate surface area is 198 Å². The number of carbonyl (C=O) groups excluding carboxylic acids is 1. The van der Waals surface area contributed by atoms with Gasteiger partial charge in [0, 0.05) is 6.07 Å². The summed E-state index contributed by atoms with van der Waals surface area (Å²) in [7, 11) is 0. The fraction of sp³-hybridized carbons (Fsp3) is 0.250. The third kappa shape index (κ3) is 6.84. The van der Waals surface area contributed by atoms with Crippen molar-refractivity contribution in [2.45, 2.75) is 32.7 Å². The number of rotatable bonds is 8. The first kappa shape index (κ1) is 25.3. The summed E-state index contributed by atoms with van der Waals surface area (Å²) < 4.78 is 62.6. The Hall–Kier alpha value is -3.33. The number of esters is 1. The Balaban J connectivity index is 1.65. The van der Waals surface area contributed by atoms with Crippen molar-refractivity contribution in [2.75, 3.05) is 5.32 Å². The van der Waals surface area contributed by atoms with E-state index in [2.05, 4.69) is 10.3 Å². The zero-order chi connectivity index (χ0) is 24.9. The molecule has 34 heavy (non-hydrogen) atoms. The highest BCUT2D eigenvalue weighted by Gasteiger charge is 2.31. The molecule has 1 atom stereocenters. The maximum absolute atomic E-state index is 13.0. The highest BCUT2D eigenvalue weighted by molar-refractivity contribution is 6.33. The number of nitrogens with one attached hydrogen (secondary N) is 1. The molecular formula is C24H21ClF4N2O3. The van der Waals surface area contributed by atoms with Crippen molar-refractivity contribution in [1.82, 2.24) is 4.98 Å². The van der Waals surface area contributed by atoms with Gasteiger partial charge in [0.25, 0.3) is 0 Å². The SMILES string of the molecule is CC(C)C(Nc1ccc(C(F)(F)F)cc1Cl)C(=O)OCc1cccc(Oc2ccc(F)cc2)n1. The molecule has 3 aromatic rings. The van der Waals surface area contributed by atoms with Gasteiger partial charge in [-0.2, -0.15) is 13.2 Å². The molecular weight excluding hydrogens is 476 g/mol. The second-order valence-electron chi connectivity index (χ2n) is 7.69. The van der Waals surface area contributed by atoms with Crippen LogP contribution in [0.4, 0.5) is 23.2 Å². The normalized spacial score (nSPS) is 12.4. The van der Waals surface area contributed by atoms with Crippen LogP contribution in [0.3, 0.4) is 0 Å². The van der Waals surface area contributed by atoms with Crippen LogP contribution in [0.25, 0.3) is 0 Å². The number of pyridine rings is 1. The number of aromatic nitrogens is 1. The minimum absolute atomic E-state index is 0.162. The van der Waals surface area contributed by atoms with E-state index in [0.717, 1.165) is 12.1 Å². The molecule has 180 valence electrons. The van der Waals surface area contributed by atoms with E-state index in [1.165, 1.54) is 30.3 Å². The van der Waals surface area contributed by atoms with Crippen LogP contribution in [0, 0.1) is 11.7 Å². The Morgan fingerprint density at radius 3 is 2.41 bits per heavy atom. The average Bonchev–Trinajstić information content (AvgIpc) is 2.77. The number of hydrogen-bond acceptors (Lipinski definition) is 5. The van der Waals surface area contributed by atoms with Gasteiger partial charge in [0.05, 0.1) is 22.0 Å². The minimum atomic E-state index is -4.53. The molecule has 0 aliphatic carbocycles. The van der Waals surface area contributed by atoms with Crippen LogP contribution in [-0.4, -0.2) is 17.0 Å². The molecule has 0 fully saturated rings. The van der Waals surface area contributed by atoms with Crippen molar-refractivity contribution in [3.8, 4) is 11.6 Å². The Morgan fingerprint density at radius 2 is 1.79 bits per heavy atom. The quantitative estimate of drug-likeness (QED) is 0.272. The largest absolute Gasteiger partial charge is 0.458 e. The zero-order valence-corrected chi connectivity index (χ0v) is 19.0. The average molecular weight is 497 g/mol. The minimum Gasteiger partial charge on any atom is -0.458 e. The first-order valence-corrected chi connectivity index (χ1v) is 10.6. The second-order valence-corrected chi connectivity index (χ2v) is 8.10. The van der Waals surface area contributed by atoms with Crippen LogP contribution in [-0.2, 0) is 22.3 Å². The second kappa shape index (κ2) is 10.7. The van der Waals surface area contributed by atoms with Crippen LogP contribution in [0.1, 0.15) is 25.1 Å². The maximum atomic E-state index is 13.0. The van der Waals surface area contributed by atoms with E-state index in [-0.39, 0.29) is 29.1 Å². The maximum Gasteiger partial charge on any atom is 0.416 e. The molecule has 1 unspecified atom stereocenters. The summed E-state index contributed by atoms with van der Waals surface area (Å²) in [4.78, 5) is 17.0. The van der Waals surface area contributed by atoms with Gasteiger partial charge < -0.3 is 14.8 Å². The zero-order valence-electron chi connectivity index (χ0n) is 18.2. The molecule has 0 amide bonds. The molecule has 0 saturated carbocycles. The molecule has 5 nitrogen and oxygen atoms in total. The van der Waals surface area contributed by atoms with Gasteiger partial charge in [-0.25, -0.2) is 14.2 Å². The van der Waals surface area contributed by atoms with Gasteiger partial charge in [-0.1, -0.05) is 31.5 Å². The van der Waals surface area contributed by atoms with Gasteiger partial charge in [0.2, 0.25) is 5.88 Å². The van der Waals surface area contributed by atoms with E-state index >= 15 is 0 Å². The molecule has 1 N–H and O–H groups in total. The van der Waals surface area contributed by atoms with Gasteiger partial charge in [0.15, 0.2) is 0 Å². The van der Waals surface area contributed by atoms with Crippen molar-refractivity contribution in [3.05, 3.63) is 82.8 Å². The van der Waals surface area contributed by atoms with E-state index in [0.29, 0.717) is 11.4 Å². The lowest BCUT2D eigenvalue weighted by molar-refractivity contribution is -0.147. The third-order valence-electron chi connectivity index (χ3n) is 4.71. The van der Waals surface area contributed by atoms with E-state index in [1.54, 1.807) is 32.0 Å². The smallest absolute Gasteiger partial charge is 0.416 e. The lowest BCUT2D eigenvalue weighted by atomic mass is 10.0. The lowest BCUT2D eigenvalue weighted by Gasteiger charge is -2.23. The van der Waals surface area contributed by atoms with Crippen LogP contribution in [0.15, 0.2) is 60.7 Å². The van der Waals surface area contributed by atoms with Crippen molar-refractivity contribution in [3.63, 3.8) is 0 Å². The van der Waals surface area contributed by atoms with Crippen LogP contribution in [0.5, 0.6) is 11.6 Å². The van der Waals surface area contributed by atoms with Crippen molar-refractivity contribution < 1.29 is 31.8 Å². The number of carbonyl (C=O) groups is 1. The van der Waals surface area contributed by atoms with E-state index in [9.17, 15) is 22.4 Å². The highest BCUT2D eigenvalue weighted by Crippen LogP contribution is 2.34. The Morgan fingerprint density at radius 1 is 1.09 bits per heavy atom. The first-order valence-electron chi connectivity index (χ1n) is 10.2. The monoisotopic (exact) mass is 496 g/mol. The molecule has 10 heteroatoms. The summed E-state index contributed by atoms with van der Waals surface area (Å²) in [6.45, 7) is 3.35. The molecule has 2 aromatic carbocycles. The van der Waals surface area contributed by atoms with Gasteiger partial charge >= 0.3 is 12.1 Å². The van der Waals surface area contributed by atoms with Gasteiger partial charge in [-0.05, 0) is 54.4 Å². The van der Waals surface area contributed by atoms with Crippen molar-refractivity contribution in [2.24, 2.45) is 5.92 Å². The van der Waals surface area contributed by atoms with Crippen molar-refractivity contribution >= 4 is 23.3 Å². The van der Waals surface area contributed by atoms with Crippen molar-refractivity contribution in [1.29, 1.82) is 0 Å². The number of anilines is 1. The van der Waals surface area contributed by atoms with Crippen LogP contribution < -0.4 is 10.1 Å². The molecule has 3 rings (SSSR count). The number of halogens is 5. The number of alkyl halides is 3. The van der Waals surface area contributed by atoms with E-state index in [1.807, 2.05) is 0 Å². The summed E-state index contributed by atoms with van der Waals surface area (Å²) in [5, 5.41) is 2.69. The summed E-state index contributed by atoms with van der Waals surface area (Å²) >= 11 is 6.00. The standard InChI is InChI=1S/C24H21ClF4N2O3/c1-14(2)22(31-20-11-6-15(12-19(20)25)24(27,28)29)23(32)33-13-17-4-3-5-21(30-17)34-18-9-7-16(26)8-10-18/h3-12,14,22,31H,13H2,1-2H3. The third-order valence-corrected chi connectivity index (χ3v) is 5.02. The summed E-state index contributed by atoms with van der Waals surface area (Å²) in [6.07, 6.45) is -4.53. The number of benzene rings is 2. The Kier molecular flexibility index (Phi) is 7.98. The fourth-order valence-electron chi connectivity index (χ4n) is 2.93. The molecule has 0 saturated heterocycles. The number of hydrogen-bond donors (Lipinski definition) is 1. The highest BCUT2D eigenvalue weighted by atomic mass is 35.5. The fourth-order valence-corrected chi connectivity index (χ4v) is 3.16. The van der Waals surface area contributed by atoms with Gasteiger partial charge in [0.1, 0.15) is 24.2 Å².